The van der Waals surface area contributed by atoms with Gasteiger partial charge in [0.1, 0.15) is 0 Å². The first-order valence-electron chi connectivity index (χ1n) is 8.28. The highest BCUT2D eigenvalue weighted by Gasteiger charge is 2.06. The fourth-order valence-corrected chi connectivity index (χ4v) is 3.10. The summed E-state index contributed by atoms with van der Waals surface area (Å²) in [6.07, 6.45) is 3.41. The maximum absolute atomic E-state index is 12.0. The Kier molecular flexibility index (Phi) is 7.47. The van der Waals surface area contributed by atoms with Crippen molar-refractivity contribution in [3.63, 3.8) is 0 Å². The van der Waals surface area contributed by atoms with E-state index in [-0.39, 0.29) is 11.6 Å². The van der Waals surface area contributed by atoms with Gasteiger partial charge in [0.2, 0.25) is 5.91 Å². The first kappa shape index (κ1) is 19.0. The van der Waals surface area contributed by atoms with Gasteiger partial charge in [-0.15, -0.1) is 11.8 Å². The van der Waals surface area contributed by atoms with Crippen LogP contribution in [0.5, 0.6) is 0 Å². The molecular weight excluding hydrogens is 336 g/mol. The zero-order valence-electron chi connectivity index (χ0n) is 14.2. The SMILES string of the molecule is CCCCc1ccc(NC(=O)CSCc2ccc([N+](=O)[O-])cc2)cc1. The number of hydrogen-bond acceptors (Lipinski definition) is 4. The smallest absolute Gasteiger partial charge is 0.269 e. The van der Waals surface area contributed by atoms with Gasteiger partial charge in [-0.25, -0.2) is 0 Å². The van der Waals surface area contributed by atoms with E-state index in [2.05, 4.69) is 24.4 Å². The summed E-state index contributed by atoms with van der Waals surface area (Å²) in [5.74, 6) is 0.934. The molecular formula is C19H22N2O3S. The van der Waals surface area contributed by atoms with E-state index < -0.39 is 4.92 Å². The van der Waals surface area contributed by atoms with Crippen molar-refractivity contribution >= 4 is 29.0 Å². The number of carbonyl (C=O) groups is 1. The molecule has 0 atom stereocenters. The minimum absolute atomic E-state index is 0.0479. The van der Waals surface area contributed by atoms with E-state index in [0.717, 1.165) is 17.7 Å². The van der Waals surface area contributed by atoms with Crippen molar-refractivity contribution in [3.05, 3.63) is 69.8 Å². The fraction of sp³-hybridized carbons (Fsp3) is 0.316. The topological polar surface area (TPSA) is 72.2 Å². The number of nitrogens with one attached hydrogen (secondary N) is 1. The molecule has 25 heavy (non-hydrogen) atoms. The van der Waals surface area contributed by atoms with Crippen LogP contribution in [-0.2, 0) is 17.0 Å². The molecule has 1 N–H and O–H groups in total. The molecule has 0 bridgehead atoms. The fourth-order valence-electron chi connectivity index (χ4n) is 2.31. The van der Waals surface area contributed by atoms with Crippen molar-refractivity contribution < 1.29 is 9.72 Å². The van der Waals surface area contributed by atoms with Crippen molar-refractivity contribution in [2.45, 2.75) is 31.9 Å². The second kappa shape index (κ2) is 9.84. The Hall–Kier alpha value is -2.34. The van der Waals surface area contributed by atoms with Gasteiger partial charge in [-0.3, -0.25) is 14.9 Å². The summed E-state index contributed by atoms with van der Waals surface area (Å²) in [5, 5.41) is 13.5. The molecule has 0 heterocycles. The van der Waals surface area contributed by atoms with Gasteiger partial charge in [0.05, 0.1) is 10.7 Å². The quantitative estimate of drug-likeness (QED) is 0.516. The third kappa shape index (κ3) is 6.58. The van der Waals surface area contributed by atoms with Crippen molar-refractivity contribution in [2.24, 2.45) is 0 Å². The van der Waals surface area contributed by atoms with Crippen LogP contribution in [0.25, 0.3) is 0 Å². The molecule has 0 aliphatic carbocycles. The molecule has 1 amide bonds. The third-order valence-corrected chi connectivity index (χ3v) is 4.71. The van der Waals surface area contributed by atoms with Gasteiger partial charge in [0.15, 0.2) is 0 Å². The molecule has 6 heteroatoms. The normalized spacial score (nSPS) is 10.4. The van der Waals surface area contributed by atoms with Crippen molar-refractivity contribution in [3.8, 4) is 0 Å². The van der Waals surface area contributed by atoms with Gasteiger partial charge in [-0.2, -0.15) is 0 Å². The molecule has 0 aliphatic heterocycles. The summed E-state index contributed by atoms with van der Waals surface area (Å²) in [6, 6.07) is 14.4. The van der Waals surface area contributed by atoms with Crippen LogP contribution in [0.4, 0.5) is 11.4 Å². The van der Waals surface area contributed by atoms with Gasteiger partial charge in [-0.1, -0.05) is 37.6 Å². The van der Waals surface area contributed by atoms with Crippen molar-refractivity contribution in [2.75, 3.05) is 11.1 Å². The number of nitro groups is 1. The second-order valence-electron chi connectivity index (χ2n) is 5.77. The molecule has 0 fully saturated rings. The zero-order valence-corrected chi connectivity index (χ0v) is 15.1. The van der Waals surface area contributed by atoms with Crippen LogP contribution in [0, 0.1) is 10.1 Å². The van der Waals surface area contributed by atoms with Gasteiger partial charge < -0.3 is 5.32 Å². The highest BCUT2D eigenvalue weighted by Crippen LogP contribution is 2.17. The third-order valence-electron chi connectivity index (χ3n) is 3.71. The minimum atomic E-state index is -0.419. The van der Waals surface area contributed by atoms with Crippen LogP contribution in [0.3, 0.4) is 0 Å². The van der Waals surface area contributed by atoms with Gasteiger partial charge >= 0.3 is 0 Å². The highest BCUT2D eigenvalue weighted by atomic mass is 32.2. The lowest BCUT2D eigenvalue weighted by molar-refractivity contribution is -0.384. The summed E-state index contributed by atoms with van der Waals surface area (Å²) in [5.41, 5.74) is 3.13. The summed E-state index contributed by atoms with van der Waals surface area (Å²) in [7, 11) is 0. The summed E-state index contributed by atoms with van der Waals surface area (Å²) in [6.45, 7) is 2.17. The maximum Gasteiger partial charge on any atom is 0.269 e. The Morgan fingerprint density at radius 3 is 2.32 bits per heavy atom. The zero-order chi connectivity index (χ0) is 18.1. The number of amides is 1. The lowest BCUT2D eigenvalue weighted by Gasteiger charge is -2.07. The summed E-state index contributed by atoms with van der Waals surface area (Å²) in [4.78, 5) is 22.2. The standard InChI is InChI=1S/C19H22N2O3S/c1-2-3-4-15-5-9-17(10-6-15)20-19(22)14-25-13-16-7-11-18(12-8-16)21(23)24/h5-12H,2-4,13-14H2,1H3,(H,20,22). The number of nitrogens with zero attached hydrogens (tertiary/aromatic N) is 1. The van der Waals surface area contributed by atoms with Crippen LogP contribution in [0.1, 0.15) is 30.9 Å². The monoisotopic (exact) mass is 358 g/mol. The van der Waals surface area contributed by atoms with Gasteiger partial charge in [0, 0.05) is 23.6 Å². The predicted octanol–water partition coefficient (Wildman–Crippen LogP) is 4.81. The number of non-ortho nitro benzene ring substituents is 1. The van der Waals surface area contributed by atoms with Crippen molar-refractivity contribution in [1.82, 2.24) is 0 Å². The maximum atomic E-state index is 12.0. The van der Waals surface area contributed by atoms with Crippen LogP contribution in [0.15, 0.2) is 48.5 Å². The molecule has 0 saturated heterocycles. The Labute approximate surface area is 152 Å². The van der Waals surface area contributed by atoms with E-state index in [4.69, 9.17) is 0 Å². The number of unbranched alkanes of at least 4 members (excludes halogenated alkanes) is 1. The van der Waals surface area contributed by atoms with E-state index in [9.17, 15) is 14.9 Å². The molecule has 0 unspecified atom stereocenters. The Morgan fingerprint density at radius 2 is 1.72 bits per heavy atom. The molecule has 0 radical (unpaired) electrons. The second-order valence-corrected chi connectivity index (χ2v) is 6.75. The number of thioether (sulfide) groups is 1. The first-order chi connectivity index (χ1) is 12.1. The lowest BCUT2D eigenvalue weighted by Crippen LogP contribution is -2.14. The van der Waals surface area contributed by atoms with Crippen LogP contribution >= 0.6 is 11.8 Å². The number of carbonyl (C=O) groups excluding carboxylic acids is 1. The van der Waals surface area contributed by atoms with Gasteiger partial charge in [-0.05, 0) is 36.1 Å². The number of hydrogen-bond donors (Lipinski definition) is 1. The molecule has 5 nitrogen and oxygen atoms in total. The van der Waals surface area contributed by atoms with Gasteiger partial charge in [0.25, 0.3) is 5.69 Å². The molecule has 2 rings (SSSR count). The van der Waals surface area contributed by atoms with E-state index in [1.165, 1.54) is 42.3 Å². The largest absolute Gasteiger partial charge is 0.325 e. The Bertz CT molecular complexity index is 700. The molecule has 0 spiro atoms. The van der Waals surface area contributed by atoms with Crippen molar-refractivity contribution in [1.29, 1.82) is 0 Å². The summed E-state index contributed by atoms with van der Waals surface area (Å²) >= 11 is 1.48. The lowest BCUT2D eigenvalue weighted by atomic mass is 10.1. The Balaban J connectivity index is 1.74. The van der Waals surface area contributed by atoms with E-state index >= 15 is 0 Å². The number of anilines is 1. The molecule has 0 saturated carbocycles. The number of aryl methyl sites for hydroxylation is 1. The molecule has 2 aromatic rings. The number of nitro benzene ring substituents is 1. The number of rotatable bonds is 9. The van der Waals surface area contributed by atoms with Crippen LogP contribution < -0.4 is 5.32 Å². The van der Waals surface area contributed by atoms with E-state index in [1.54, 1.807) is 12.1 Å². The number of benzene rings is 2. The predicted molar refractivity (Wildman–Crippen MR) is 103 cm³/mol. The van der Waals surface area contributed by atoms with Crippen LogP contribution in [-0.4, -0.2) is 16.6 Å². The van der Waals surface area contributed by atoms with E-state index in [1.807, 2.05) is 12.1 Å². The molecule has 0 aliphatic rings. The summed E-state index contributed by atoms with van der Waals surface area (Å²) < 4.78 is 0. The van der Waals surface area contributed by atoms with E-state index in [0.29, 0.717) is 11.5 Å². The molecule has 132 valence electrons. The average Bonchev–Trinajstić information content (AvgIpc) is 2.61. The molecule has 2 aromatic carbocycles. The minimum Gasteiger partial charge on any atom is -0.325 e. The average molecular weight is 358 g/mol. The first-order valence-corrected chi connectivity index (χ1v) is 9.44. The van der Waals surface area contributed by atoms with Crippen LogP contribution in [0.2, 0.25) is 0 Å². The molecule has 0 aromatic heterocycles. The Morgan fingerprint density at radius 1 is 1.08 bits per heavy atom. The highest BCUT2D eigenvalue weighted by molar-refractivity contribution is 7.99.